The first kappa shape index (κ1) is 14.4. The van der Waals surface area contributed by atoms with Crippen LogP contribution in [0.15, 0.2) is 18.2 Å². The molecular formula is C15H20N2O3. The number of nitrogen functional groups attached to an aromatic ring is 1. The van der Waals surface area contributed by atoms with Crippen LogP contribution >= 0.6 is 0 Å². The van der Waals surface area contributed by atoms with E-state index in [2.05, 4.69) is 5.32 Å². The van der Waals surface area contributed by atoms with Crippen molar-refractivity contribution in [2.45, 2.75) is 32.6 Å². The number of nitrogens with one attached hydrogen (secondary N) is 1. The molecule has 4 N–H and O–H groups in total. The van der Waals surface area contributed by atoms with Crippen molar-refractivity contribution in [1.29, 1.82) is 0 Å². The van der Waals surface area contributed by atoms with Crippen LogP contribution in [0.1, 0.15) is 41.6 Å². The maximum absolute atomic E-state index is 12.2. The van der Waals surface area contributed by atoms with Crippen LogP contribution in [-0.4, -0.2) is 23.5 Å². The topological polar surface area (TPSA) is 92.4 Å². The molecule has 0 saturated heterocycles. The molecule has 1 amide bonds. The van der Waals surface area contributed by atoms with Gasteiger partial charge in [0.25, 0.3) is 5.91 Å². The second kappa shape index (κ2) is 5.53. The molecule has 1 aromatic rings. The van der Waals surface area contributed by atoms with Crippen molar-refractivity contribution in [3.05, 3.63) is 29.3 Å². The van der Waals surface area contributed by atoms with Crippen molar-refractivity contribution in [3.63, 3.8) is 0 Å². The van der Waals surface area contributed by atoms with Gasteiger partial charge in [-0.2, -0.15) is 0 Å². The van der Waals surface area contributed by atoms with Gasteiger partial charge in [0.05, 0.1) is 5.41 Å². The normalized spacial score (nSPS) is 16.9. The van der Waals surface area contributed by atoms with E-state index in [0.717, 1.165) is 18.4 Å². The van der Waals surface area contributed by atoms with E-state index in [9.17, 15) is 14.7 Å². The highest BCUT2D eigenvalue weighted by Crippen LogP contribution is 2.37. The number of carbonyl (C=O) groups is 2. The Morgan fingerprint density at radius 3 is 2.60 bits per heavy atom. The molecule has 5 heteroatoms. The van der Waals surface area contributed by atoms with E-state index in [1.165, 1.54) is 0 Å². The minimum absolute atomic E-state index is 0.176. The number of benzene rings is 1. The van der Waals surface area contributed by atoms with Gasteiger partial charge < -0.3 is 16.2 Å². The molecular weight excluding hydrogens is 256 g/mol. The third-order valence-corrected chi connectivity index (χ3v) is 4.22. The number of hydrogen-bond donors (Lipinski definition) is 3. The Bertz CT molecular complexity index is 534. The zero-order valence-corrected chi connectivity index (χ0v) is 11.6. The minimum atomic E-state index is -0.820. The lowest BCUT2D eigenvalue weighted by Gasteiger charge is -2.24. The predicted octanol–water partition coefficient (Wildman–Crippen LogP) is 1.95. The number of aliphatic carboxylic acids is 1. The molecule has 108 valence electrons. The smallest absolute Gasteiger partial charge is 0.311 e. The zero-order valence-electron chi connectivity index (χ0n) is 11.6. The van der Waals surface area contributed by atoms with Gasteiger partial charge in [-0.3, -0.25) is 9.59 Å². The molecule has 1 saturated carbocycles. The van der Waals surface area contributed by atoms with E-state index < -0.39 is 11.4 Å². The summed E-state index contributed by atoms with van der Waals surface area (Å²) in [4.78, 5) is 23.6. The number of anilines is 1. The Hall–Kier alpha value is -2.04. The van der Waals surface area contributed by atoms with Crippen LogP contribution in [0.5, 0.6) is 0 Å². The lowest BCUT2D eigenvalue weighted by molar-refractivity contribution is -0.148. The van der Waals surface area contributed by atoms with E-state index >= 15 is 0 Å². The second-order valence-corrected chi connectivity index (χ2v) is 5.50. The van der Waals surface area contributed by atoms with E-state index in [-0.39, 0.29) is 12.5 Å². The number of carbonyl (C=O) groups excluding carboxylic acids is 1. The van der Waals surface area contributed by atoms with Crippen molar-refractivity contribution < 1.29 is 14.7 Å². The maximum atomic E-state index is 12.2. The molecule has 0 aliphatic heterocycles. The maximum Gasteiger partial charge on any atom is 0.311 e. The summed E-state index contributed by atoms with van der Waals surface area (Å²) in [7, 11) is 0. The standard InChI is InChI=1S/C15H20N2O3/c1-10-11(5-4-6-12(10)16)13(18)17-9-15(14(19)20)7-2-3-8-15/h4-6H,2-3,7-9,16H2,1H3,(H,17,18)(H,19,20). The summed E-state index contributed by atoms with van der Waals surface area (Å²) in [5, 5.41) is 12.1. The summed E-state index contributed by atoms with van der Waals surface area (Å²) in [6, 6.07) is 5.16. The van der Waals surface area contributed by atoms with Gasteiger partial charge in [0.15, 0.2) is 0 Å². The molecule has 0 atom stereocenters. The number of hydrogen-bond acceptors (Lipinski definition) is 3. The molecule has 0 unspecified atom stereocenters. The van der Waals surface area contributed by atoms with Gasteiger partial charge in [0, 0.05) is 17.8 Å². The molecule has 0 aromatic heterocycles. The lowest BCUT2D eigenvalue weighted by Crippen LogP contribution is -2.41. The monoisotopic (exact) mass is 276 g/mol. The first-order valence-electron chi connectivity index (χ1n) is 6.83. The average molecular weight is 276 g/mol. The van der Waals surface area contributed by atoms with Crippen molar-refractivity contribution in [1.82, 2.24) is 5.32 Å². The summed E-state index contributed by atoms with van der Waals surface area (Å²) in [5.74, 6) is -1.08. The lowest BCUT2D eigenvalue weighted by atomic mass is 9.86. The highest BCUT2D eigenvalue weighted by molar-refractivity contribution is 5.97. The van der Waals surface area contributed by atoms with Gasteiger partial charge in [0.2, 0.25) is 0 Å². The minimum Gasteiger partial charge on any atom is -0.481 e. The van der Waals surface area contributed by atoms with Gasteiger partial charge in [0.1, 0.15) is 0 Å². The molecule has 0 heterocycles. The second-order valence-electron chi connectivity index (χ2n) is 5.50. The van der Waals surface area contributed by atoms with Crippen molar-refractivity contribution in [2.75, 3.05) is 12.3 Å². The molecule has 1 aliphatic carbocycles. The predicted molar refractivity (Wildman–Crippen MR) is 76.5 cm³/mol. The fraction of sp³-hybridized carbons (Fsp3) is 0.467. The molecule has 2 rings (SSSR count). The fourth-order valence-corrected chi connectivity index (χ4v) is 2.76. The number of carboxylic acid groups (broad SMARTS) is 1. The van der Waals surface area contributed by atoms with E-state index in [1.807, 2.05) is 0 Å². The molecule has 1 aliphatic rings. The van der Waals surface area contributed by atoms with Crippen LogP contribution in [0.2, 0.25) is 0 Å². The van der Waals surface area contributed by atoms with Gasteiger partial charge in [-0.25, -0.2) is 0 Å². The van der Waals surface area contributed by atoms with Crippen LogP contribution in [0.3, 0.4) is 0 Å². The molecule has 0 radical (unpaired) electrons. The van der Waals surface area contributed by atoms with Crippen LogP contribution in [-0.2, 0) is 4.79 Å². The van der Waals surface area contributed by atoms with E-state index in [4.69, 9.17) is 5.73 Å². The van der Waals surface area contributed by atoms with Gasteiger partial charge >= 0.3 is 5.97 Å². The van der Waals surface area contributed by atoms with E-state index in [1.54, 1.807) is 25.1 Å². The summed E-state index contributed by atoms with van der Waals surface area (Å²) >= 11 is 0. The van der Waals surface area contributed by atoms with Gasteiger partial charge in [-0.1, -0.05) is 18.9 Å². The van der Waals surface area contributed by atoms with Crippen LogP contribution < -0.4 is 11.1 Å². The third kappa shape index (κ3) is 2.61. The van der Waals surface area contributed by atoms with Crippen LogP contribution in [0.4, 0.5) is 5.69 Å². The SMILES string of the molecule is Cc1c(N)cccc1C(=O)NCC1(C(=O)O)CCCC1. The molecule has 20 heavy (non-hydrogen) atoms. The quantitative estimate of drug-likeness (QED) is 0.733. The van der Waals surface area contributed by atoms with Gasteiger partial charge in [-0.15, -0.1) is 0 Å². The summed E-state index contributed by atoms with van der Waals surface area (Å²) in [6.45, 7) is 1.96. The Labute approximate surface area is 118 Å². The highest BCUT2D eigenvalue weighted by atomic mass is 16.4. The number of rotatable bonds is 4. The fourth-order valence-electron chi connectivity index (χ4n) is 2.76. The van der Waals surface area contributed by atoms with Crippen LogP contribution in [0, 0.1) is 12.3 Å². The Morgan fingerprint density at radius 1 is 1.35 bits per heavy atom. The van der Waals surface area contributed by atoms with Crippen molar-refractivity contribution in [3.8, 4) is 0 Å². The average Bonchev–Trinajstić information content (AvgIpc) is 2.89. The highest BCUT2D eigenvalue weighted by Gasteiger charge is 2.41. The van der Waals surface area contributed by atoms with Gasteiger partial charge in [-0.05, 0) is 37.5 Å². The third-order valence-electron chi connectivity index (χ3n) is 4.22. The largest absolute Gasteiger partial charge is 0.481 e. The first-order valence-corrected chi connectivity index (χ1v) is 6.83. The Balaban J connectivity index is 2.08. The Kier molecular flexibility index (Phi) is 3.97. The molecule has 1 aromatic carbocycles. The summed E-state index contributed by atoms with van der Waals surface area (Å²) in [6.07, 6.45) is 3.05. The number of carboxylic acids is 1. The molecule has 5 nitrogen and oxygen atoms in total. The molecule has 0 bridgehead atoms. The molecule has 1 fully saturated rings. The van der Waals surface area contributed by atoms with Crippen molar-refractivity contribution >= 4 is 17.6 Å². The summed E-state index contributed by atoms with van der Waals surface area (Å²) in [5.41, 5.74) is 6.76. The van der Waals surface area contributed by atoms with Crippen LogP contribution in [0.25, 0.3) is 0 Å². The summed E-state index contributed by atoms with van der Waals surface area (Å²) < 4.78 is 0. The Morgan fingerprint density at radius 2 is 2.00 bits per heavy atom. The van der Waals surface area contributed by atoms with E-state index in [0.29, 0.717) is 24.1 Å². The zero-order chi connectivity index (χ0) is 14.8. The first-order chi connectivity index (χ1) is 9.46. The number of amides is 1. The molecule has 0 spiro atoms. The number of nitrogens with two attached hydrogens (primary N) is 1. The van der Waals surface area contributed by atoms with Crippen molar-refractivity contribution in [2.24, 2.45) is 5.41 Å².